The van der Waals surface area contributed by atoms with Crippen molar-refractivity contribution in [2.45, 2.75) is 13.3 Å². The predicted molar refractivity (Wildman–Crippen MR) is 66.2 cm³/mol. The first kappa shape index (κ1) is 13.4. The lowest BCUT2D eigenvalue weighted by atomic mass is 10.1. The van der Waals surface area contributed by atoms with Crippen molar-refractivity contribution in [1.29, 1.82) is 0 Å². The highest BCUT2D eigenvalue weighted by atomic mass is 35.5. The summed E-state index contributed by atoms with van der Waals surface area (Å²) in [7, 11) is 0. The SMILES string of the molecule is CC(CN)CNCCc1cc(Cl)ccc1F. The van der Waals surface area contributed by atoms with Crippen molar-refractivity contribution < 1.29 is 4.39 Å². The van der Waals surface area contributed by atoms with Gasteiger partial charge in [0.2, 0.25) is 0 Å². The average Bonchev–Trinajstić information content (AvgIpc) is 2.28. The first-order valence-corrected chi connectivity index (χ1v) is 5.86. The molecule has 1 rings (SSSR count). The summed E-state index contributed by atoms with van der Waals surface area (Å²) in [6.07, 6.45) is 0.643. The zero-order valence-corrected chi connectivity index (χ0v) is 10.2. The molecule has 0 aromatic heterocycles. The van der Waals surface area contributed by atoms with Crippen LogP contribution >= 0.6 is 11.6 Å². The second-order valence-electron chi connectivity index (χ2n) is 4.03. The van der Waals surface area contributed by atoms with Gasteiger partial charge in [0.1, 0.15) is 5.82 Å². The molecule has 0 aliphatic heterocycles. The van der Waals surface area contributed by atoms with Crippen molar-refractivity contribution >= 4 is 11.6 Å². The smallest absolute Gasteiger partial charge is 0.126 e. The molecule has 0 saturated heterocycles. The summed E-state index contributed by atoms with van der Waals surface area (Å²) < 4.78 is 13.3. The van der Waals surface area contributed by atoms with E-state index < -0.39 is 0 Å². The van der Waals surface area contributed by atoms with Crippen LogP contribution in [-0.2, 0) is 6.42 Å². The summed E-state index contributed by atoms with van der Waals surface area (Å²) in [6, 6.07) is 4.63. The van der Waals surface area contributed by atoms with E-state index in [0.29, 0.717) is 29.5 Å². The minimum absolute atomic E-state index is 0.196. The van der Waals surface area contributed by atoms with Gasteiger partial charge in [-0.1, -0.05) is 18.5 Å². The fourth-order valence-corrected chi connectivity index (χ4v) is 1.58. The highest BCUT2D eigenvalue weighted by Gasteiger charge is 2.03. The lowest BCUT2D eigenvalue weighted by Crippen LogP contribution is -2.27. The van der Waals surface area contributed by atoms with Gasteiger partial charge in [-0.2, -0.15) is 0 Å². The van der Waals surface area contributed by atoms with Crippen LogP contribution in [0.15, 0.2) is 18.2 Å². The average molecular weight is 245 g/mol. The first-order chi connectivity index (χ1) is 7.63. The van der Waals surface area contributed by atoms with Gasteiger partial charge in [-0.15, -0.1) is 0 Å². The molecule has 0 radical (unpaired) electrons. The topological polar surface area (TPSA) is 38.0 Å². The second kappa shape index (κ2) is 6.84. The van der Waals surface area contributed by atoms with E-state index in [1.54, 1.807) is 12.1 Å². The maximum Gasteiger partial charge on any atom is 0.126 e. The number of benzene rings is 1. The van der Waals surface area contributed by atoms with Crippen LogP contribution in [0.25, 0.3) is 0 Å². The summed E-state index contributed by atoms with van der Waals surface area (Å²) in [5.41, 5.74) is 6.15. The van der Waals surface area contributed by atoms with Crippen LogP contribution in [-0.4, -0.2) is 19.6 Å². The van der Waals surface area contributed by atoms with Crippen LogP contribution in [0.1, 0.15) is 12.5 Å². The molecule has 0 heterocycles. The van der Waals surface area contributed by atoms with Crippen molar-refractivity contribution in [1.82, 2.24) is 5.32 Å². The number of rotatable bonds is 6. The zero-order chi connectivity index (χ0) is 12.0. The Hall–Kier alpha value is -0.640. The molecule has 1 aromatic rings. The Labute approximate surface area is 101 Å². The van der Waals surface area contributed by atoms with Crippen molar-refractivity contribution in [2.24, 2.45) is 11.7 Å². The molecule has 90 valence electrons. The molecule has 1 unspecified atom stereocenters. The maximum absolute atomic E-state index is 13.3. The van der Waals surface area contributed by atoms with Gasteiger partial charge < -0.3 is 11.1 Å². The van der Waals surface area contributed by atoms with Gasteiger partial charge in [0.25, 0.3) is 0 Å². The molecule has 0 spiro atoms. The minimum Gasteiger partial charge on any atom is -0.330 e. The number of hydrogen-bond donors (Lipinski definition) is 2. The van der Waals surface area contributed by atoms with Crippen molar-refractivity contribution in [3.8, 4) is 0 Å². The van der Waals surface area contributed by atoms with Gasteiger partial charge in [0.05, 0.1) is 0 Å². The van der Waals surface area contributed by atoms with E-state index in [9.17, 15) is 4.39 Å². The van der Waals surface area contributed by atoms with Crippen LogP contribution in [0.4, 0.5) is 4.39 Å². The Kier molecular flexibility index (Phi) is 5.74. The molecule has 2 nitrogen and oxygen atoms in total. The summed E-state index contributed by atoms with van der Waals surface area (Å²) in [5, 5.41) is 3.82. The third-order valence-corrected chi connectivity index (χ3v) is 2.71. The molecule has 0 aliphatic carbocycles. The van der Waals surface area contributed by atoms with Crippen molar-refractivity contribution in [3.63, 3.8) is 0 Å². The molecule has 16 heavy (non-hydrogen) atoms. The van der Waals surface area contributed by atoms with Gasteiger partial charge in [-0.05, 0) is 55.7 Å². The minimum atomic E-state index is -0.196. The standard InChI is InChI=1S/C12H18ClFN2/c1-9(7-15)8-16-5-4-10-6-11(13)2-3-12(10)14/h2-3,6,9,16H,4-5,7-8,15H2,1H3. The summed E-state index contributed by atoms with van der Waals surface area (Å²) in [4.78, 5) is 0. The van der Waals surface area contributed by atoms with Crippen LogP contribution in [0, 0.1) is 11.7 Å². The third kappa shape index (κ3) is 4.47. The number of halogens is 2. The molecular weight excluding hydrogens is 227 g/mol. The molecule has 0 amide bonds. The van der Waals surface area contributed by atoms with Crippen LogP contribution in [0.5, 0.6) is 0 Å². The Balaban J connectivity index is 2.34. The molecule has 0 fully saturated rings. The second-order valence-corrected chi connectivity index (χ2v) is 4.47. The van der Waals surface area contributed by atoms with Gasteiger partial charge in [-0.3, -0.25) is 0 Å². The van der Waals surface area contributed by atoms with E-state index in [0.717, 1.165) is 13.1 Å². The number of nitrogens with two attached hydrogens (primary N) is 1. The number of nitrogens with one attached hydrogen (secondary N) is 1. The molecule has 1 aromatic carbocycles. The largest absolute Gasteiger partial charge is 0.330 e. The first-order valence-electron chi connectivity index (χ1n) is 5.48. The Bertz CT molecular complexity index is 331. The van der Waals surface area contributed by atoms with E-state index in [2.05, 4.69) is 12.2 Å². The van der Waals surface area contributed by atoms with Crippen LogP contribution in [0.3, 0.4) is 0 Å². The lowest BCUT2D eigenvalue weighted by Gasteiger charge is -2.10. The Morgan fingerprint density at radius 2 is 2.25 bits per heavy atom. The van der Waals surface area contributed by atoms with Crippen molar-refractivity contribution in [3.05, 3.63) is 34.6 Å². The van der Waals surface area contributed by atoms with Gasteiger partial charge in [0.15, 0.2) is 0 Å². The van der Waals surface area contributed by atoms with Gasteiger partial charge in [-0.25, -0.2) is 4.39 Å². The monoisotopic (exact) mass is 244 g/mol. The van der Waals surface area contributed by atoms with Gasteiger partial charge >= 0.3 is 0 Å². The lowest BCUT2D eigenvalue weighted by molar-refractivity contribution is 0.520. The molecule has 4 heteroatoms. The molecule has 0 bridgehead atoms. The van der Waals surface area contributed by atoms with E-state index >= 15 is 0 Å². The van der Waals surface area contributed by atoms with E-state index in [1.807, 2.05) is 0 Å². The predicted octanol–water partition coefficient (Wildman–Crippen LogP) is 2.21. The maximum atomic E-state index is 13.3. The zero-order valence-electron chi connectivity index (χ0n) is 9.47. The fraction of sp³-hybridized carbons (Fsp3) is 0.500. The Morgan fingerprint density at radius 3 is 2.94 bits per heavy atom. The fourth-order valence-electron chi connectivity index (χ4n) is 1.39. The number of hydrogen-bond acceptors (Lipinski definition) is 2. The van der Waals surface area contributed by atoms with Gasteiger partial charge in [0, 0.05) is 5.02 Å². The van der Waals surface area contributed by atoms with Crippen LogP contribution < -0.4 is 11.1 Å². The van der Waals surface area contributed by atoms with Crippen molar-refractivity contribution in [2.75, 3.05) is 19.6 Å². The highest BCUT2D eigenvalue weighted by Crippen LogP contribution is 2.14. The summed E-state index contributed by atoms with van der Waals surface area (Å²) in [6.45, 7) is 4.34. The normalized spacial score (nSPS) is 12.8. The molecular formula is C12H18ClFN2. The molecule has 0 aliphatic rings. The molecule has 0 saturated carbocycles. The van der Waals surface area contributed by atoms with E-state index in [4.69, 9.17) is 17.3 Å². The van der Waals surface area contributed by atoms with Crippen LogP contribution in [0.2, 0.25) is 5.02 Å². The summed E-state index contributed by atoms with van der Waals surface area (Å²) in [5.74, 6) is 0.252. The Morgan fingerprint density at radius 1 is 1.50 bits per heavy atom. The van der Waals surface area contributed by atoms with E-state index in [-0.39, 0.29) is 5.82 Å². The highest BCUT2D eigenvalue weighted by molar-refractivity contribution is 6.30. The summed E-state index contributed by atoms with van der Waals surface area (Å²) >= 11 is 5.80. The van der Waals surface area contributed by atoms with E-state index in [1.165, 1.54) is 6.07 Å². The quantitative estimate of drug-likeness (QED) is 0.753. The molecule has 3 N–H and O–H groups in total. The third-order valence-electron chi connectivity index (χ3n) is 2.47. The molecule has 1 atom stereocenters.